The van der Waals surface area contributed by atoms with Crippen LogP contribution in [0, 0.1) is 0 Å². The van der Waals surface area contributed by atoms with Gasteiger partial charge in [-0.25, -0.2) is 0 Å². The number of fused-ring (bicyclic) bond motifs is 4. The van der Waals surface area contributed by atoms with Gasteiger partial charge >= 0.3 is 0 Å². The van der Waals surface area contributed by atoms with E-state index in [1.54, 1.807) is 0 Å². The van der Waals surface area contributed by atoms with Crippen LogP contribution in [0.25, 0.3) is 72.3 Å². The highest BCUT2D eigenvalue weighted by atomic mass is 14.3. The van der Waals surface area contributed by atoms with Crippen LogP contribution in [0.5, 0.6) is 0 Å². The normalized spacial score (nSPS) is 18.1. The Labute approximate surface area is 306 Å². The van der Waals surface area contributed by atoms with E-state index >= 15 is 0 Å². The van der Waals surface area contributed by atoms with Crippen LogP contribution in [0.3, 0.4) is 0 Å². The van der Waals surface area contributed by atoms with Crippen molar-refractivity contribution in [3.05, 3.63) is 184 Å². The molecule has 0 spiro atoms. The summed E-state index contributed by atoms with van der Waals surface area (Å²) in [7, 11) is 0. The minimum atomic E-state index is 0.282. The van der Waals surface area contributed by atoms with Crippen molar-refractivity contribution in [2.45, 2.75) is 50.9 Å². The fraction of sp³-hybridized carbons (Fsp3) is 0.154. The minimum absolute atomic E-state index is 0.282. The molecule has 6 aromatic rings. The van der Waals surface area contributed by atoms with Gasteiger partial charge in [-0.2, -0.15) is 0 Å². The van der Waals surface area contributed by atoms with Gasteiger partial charge in [0.25, 0.3) is 0 Å². The van der Waals surface area contributed by atoms with Gasteiger partial charge in [0.1, 0.15) is 0 Å². The van der Waals surface area contributed by atoms with E-state index in [2.05, 4.69) is 164 Å². The highest BCUT2D eigenvalue weighted by Gasteiger charge is 2.23. The summed E-state index contributed by atoms with van der Waals surface area (Å²) < 4.78 is 0. The van der Waals surface area contributed by atoms with Crippen molar-refractivity contribution in [3.63, 3.8) is 0 Å². The second kappa shape index (κ2) is 13.1. The standard InChI is InChI=1S/C52H42/c1-5-17-35(18-6-1)49-41-25-13-15-27-43(41)51(37-21-9-3-10-22-37)47-33-39(29-31-45(47)49)40-30-32-46-48(34-40)52(38-23-11-4-12-24-38)44-28-16-14-26-42(44)50(46)36-19-7-2-8-20-36/h1-7,9,11,13-19,21,23,25-29,31-34,40H,8,10,12,20,22,24,30H2. The zero-order valence-electron chi connectivity index (χ0n) is 29.6. The van der Waals surface area contributed by atoms with Crippen molar-refractivity contribution in [1.29, 1.82) is 0 Å². The number of benzene rings is 6. The summed E-state index contributed by atoms with van der Waals surface area (Å²) in [5.41, 5.74) is 12.7. The highest BCUT2D eigenvalue weighted by Crippen LogP contribution is 2.44. The smallest absolute Gasteiger partial charge is 0.00624 e. The van der Waals surface area contributed by atoms with Crippen molar-refractivity contribution in [1.82, 2.24) is 0 Å². The molecule has 0 saturated heterocycles. The topological polar surface area (TPSA) is 0 Å². The van der Waals surface area contributed by atoms with Crippen LogP contribution in [-0.2, 0) is 0 Å². The molecule has 0 amide bonds. The van der Waals surface area contributed by atoms with E-state index in [4.69, 9.17) is 0 Å². The summed E-state index contributed by atoms with van der Waals surface area (Å²) >= 11 is 0. The van der Waals surface area contributed by atoms with E-state index in [1.807, 2.05) is 0 Å². The Bertz CT molecular complexity index is 2740. The summed E-state index contributed by atoms with van der Waals surface area (Å²) in [6, 6.07) is 36.7. The predicted octanol–water partition coefficient (Wildman–Crippen LogP) is 12.8. The lowest BCUT2D eigenvalue weighted by atomic mass is 9.79. The first-order valence-corrected chi connectivity index (χ1v) is 19.2. The first kappa shape index (κ1) is 31.1. The van der Waals surface area contributed by atoms with Crippen LogP contribution in [-0.4, -0.2) is 0 Å². The lowest BCUT2D eigenvalue weighted by molar-refractivity contribution is 0.921. The Morgan fingerprint density at radius 3 is 1.50 bits per heavy atom. The maximum Gasteiger partial charge on any atom is 0.00624 e. The van der Waals surface area contributed by atoms with Gasteiger partial charge < -0.3 is 0 Å². The van der Waals surface area contributed by atoms with Crippen molar-refractivity contribution in [2.24, 2.45) is 0 Å². The molecule has 4 aliphatic carbocycles. The molecule has 0 aromatic heterocycles. The quantitative estimate of drug-likeness (QED) is 0.161. The predicted molar refractivity (Wildman–Crippen MR) is 225 cm³/mol. The van der Waals surface area contributed by atoms with Crippen LogP contribution in [0.15, 0.2) is 152 Å². The molecule has 1 unspecified atom stereocenters. The molecule has 6 aromatic carbocycles. The van der Waals surface area contributed by atoms with Gasteiger partial charge in [0, 0.05) is 5.92 Å². The molecule has 4 aliphatic rings. The third-order valence-electron chi connectivity index (χ3n) is 11.8. The first-order chi connectivity index (χ1) is 25.8. The lowest BCUT2D eigenvalue weighted by Crippen LogP contribution is -2.35. The fourth-order valence-electron chi connectivity index (χ4n) is 9.42. The molecule has 0 fully saturated rings. The summed E-state index contributed by atoms with van der Waals surface area (Å²) in [6.45, 7) is 0. The number of rotatable bonds is 5. The minimum Gasteiger partial charge on any atom is -0.0842 e. The summed E-state index contributed by atoms with van der Waals surface area (Å²) in [5, 5.41) is 11.0. The van der Waals surface area contributed by atoms with E-state index in [0.717, 1.165) is 44.9 Å². The maximum absolute atomic E-state index is 2.64. The monoisotopic (exact) mass is 666 g/mol. The van der Waals surface area contributed by atoms with Gasteiger partial charge in [-0.05, 0) is 144 Å². The van der Waals surface area contributed by atoms with E-state index in [1.165, 1.54) is 92.9 Å². The second-order valence-corrected chi connectivity index (χ2v) is 14.8. The molecule has 1 atom stereocenters. The van der Waals surface area contributed by atoms with Crippen LogP contribution in [0.2, 0.25) is 0 Å². The Kier molecular flexibility index (Phi) is 7.83. The van der Waals surface area contributed by atoms with Gasteiger partial charge in [-0.3, -0.25) is 0 Å². The maximum atomic E-state index is 2.64. The SMILES string of the molecule is C1=CCCC(c2c3c(c(C4=CC=CCC4)c4ccccc24)=CC(c2ccc4c(-c5ccccc5)c5ccccc5c(C5=CC=CCC5)c4c2)CC=3)=C1. The molecule has 0 N–H and O–H groups in total. The fourth-order valence-corrected chi connectivity index (χ4v) is 9.42. The number of allylic oxidation sites excluding steroid dienone is 12. The van der Waals surface area contributed by atoms with Crippen molar-refractivity contribution in [2.75, 3.05) is 0 Å². The summed E-state index contributed by atoms with van der Waals surface area (Å²) in [6.07, 6.45) is 33.5. The molecule has 250 valence electrons. The average Bonchev–Trinajstić information content (AvgIpc) is 3.22. The van der Waals surface area contributed by atoms with Gasteiger partial charge in [-0.15, -0.1) is 0 Å². The van der Waals surface area contributed by atoms with Crippen molar-refractivity contribution >= 4 is 61.2 Å². The number of hydrogen-bond donors (Lipinski definition) is 0. The van der Waals surface area contributed by atoms with E-state index in [0.29, 0.717) is 0 Å². The van der Waals surface area contributed by atoms with Gasteiger partial charge in [-0.1, -0.05) is 158 Å². The number of hydrogen-bond acceptors (Lipinski definition) is 0. The molecule has 0 bridgehead atoms. The van der Waals surface area contributed by atoms with Crippen LogP contribution < -0.4 is 10.4 Å². The molecule has 0 heterocycles. The van der Waals surface area contributed by atoms with E-state index in [-0.39, 0.29) is 5.92 Å². The zero-order valence-corrected chi connectivity index (χ0v) is 29.6. The van der Waals surface area contributed by atoms with Crippen LogP contribution >= 0.6 is 0 Å². The Morgan fingerprint density at radius 1 is 0.423 bits per heavy atom. The molecule has 0 aliphatic heterocycles. The third kappa shape index (κ3) is 5.20. The first-order valence-electron chi connectivity index (χ1n) is 19.2. The lowest BCUT2D eigenvalue weighted by Gasteiger charge is -2.25. The van der Waals surface area contributed by atoms with Crippen LogP contribution in [0.1, 0.15) is 73.1 Å². The highest BCUT2D eigenvalue weighted by molar-refractivity contribution is 6.19. The van der Waals surface area contributed by atoms with Gasteiger partial charge in [0.15, 0.2) is 0 Å². The largest absolute Gasteiger partial charge is 0.0842 e. The molecule has 0 nitrogen and oxygen atoms in total. The Balaban J connectivity index is 1.25. The molecule has 0 saturated carbocycles. The average molecular weight is 667 g/mol. The van der Waals surface area contributed by atoms with Crippen molar-refractivity contribution in [3.8, 4) is 11.1 Å². The zero-order chi connectivity index (χ0) is 34.4. The molecule has 52 heavy (non-hydrogen) atoms. The van der Waals surface area contributed by atoms with Gasteiger partial charge in [0.05, 0.1) is 0 Å². The van der Waals surface area contributed by atoms with E-state index in [9.17, 15) is 0 Å². The van der Waals surface area contributed by atoms with Crippen molar-refractivity contribution < 1.29 is 0 Å². The van der Waals surface area contributed by atoms with E-state index < -0.39 is 0 Å². The second-order valence-electron chi connectivity index (χ2n) is 14.8. The molecular weight excluding hydrogens is 625 g/mol. The molecular formula is C52H42. The molecule has 10 rings (SSSR count). The molecule has 0 heteroatoms. The summed E-state index contributed by atoms with van der Waals surface area (Å²) in [5.74, 6) is 0.282. The summed E-state index contributed by atoms with van der Waals surface area (Å²) in [4.78, 5) is 0. The van der Waals surface area contributed by atoms with Gasteiger partial charge in [0.2, 0.25) is 0 Å². The Morgan fingerprint density at radius 2 is 0.923 bits per heavy atom. The Hall–Kier alpha value is -5.72. The third-order valence-corrected chi connectivity index (χ3v) is 11.8. The van der Waals surface area contributed by atoms with Crippen LogP contribution in [0.4, 0.5) is 0 Å². The molecule has 0 radical (unpaired) electrons.